The van der Waals surface area contributed by atoms with Gasteiger partial charge < -0.3 is 4.57 Å². The van der Waals surface area contributed by atoms with Crippen LogP contribution in [0.4, 0.5) is 0 Å². The number of nitrogens with one attached hydrogen (secondary N) is 1. The Morgan fingerprint density at radius 1 is 1.42 bits per heavy atom. The molecular weight excluding hydrogens is 264 g/mol. The normalized spacial score (nSPS) is 11.7. The average Bonchev–Trinajstić information content (AvgIpc) is 2.73. The van der Waals surface area contributed by atoms with Crippen molar-refractivity contribution in [3.63, 3.8) is 0 Å². The summed E-state index contributed by atoms with van der Waals surface area (Å²) in [6.07, 6.45) is 3.87. The fraction of sp³-hybridized carbons (Fsp3) is 0.417. The molecule has 0 aliphatic heterocycles. The van der Waals surface area contributed by atoms with Gasteiger partial charge >= 0.3 is 5.69 Å². The van der Waals surface area contributed by atoms with Gasteiger partial charge in [-0.2, -0.15) is 0 Å². The monoisotopic (exact) mass is 280 g/mol. The van der Waals surface area contributed by atoms with Gasteiger partial charge in [0.25, 0.3) is 5.56 Å². The van der Waals surface area contributed by atoms with Crippen LogP contribution >= 0.6 is 11.8 Å². The van der Waals surface area contributed by atoms with E-state index in [1.165, 1.54) is 4.57 Å². The minimum atomic E-state index is -0.443. The zero-order valence-corrected chi connectivity index (χ0v) is 12.0. The van der Waals surface area contributed by atoms with Gasteiger partial charge in [-0.3, -0.25) is 14.3 Å². The van der Waals surface area contributed by atoms with Gasteiger partial charge in [0.1, 0.15) is 0 Å². The number of aryl methyl sites for hydroxylation is 1. The number of thioether (sulfide) groups is 1. The van der Waals surface area contributed by atoms with Crippen LogP contribution in [0.2, 0.25) is 0 Å². The van der Waals surface area contributed by atoms with Gasteiger partial charge in [-0.15, -0.1) is 0 Å². The van der Waals surface area contributed by atoms with Crippen molar-refractivity contribution < 1.29 is 0 Å². The van der Waals surface area contributed by atoms with Crippen molar-refractivity contribution >= 4 is 22.9 Å². The van der Waals surface area contributed by atoms with Crippen molar-refractivity contribution in [2.45, 2.75) is 25.5 Å². The predicted octanol–water partition coefficient (Wildman–Crippen LogP) is 1.11. The van der Waals surface area contributed by atoms with E-state index in [0.717, 1.165) is 10.9 Å². The molecule has 0 aromatic carbocycles. The number of aromatic amines is 1. The highest BCUT2D eigenvalue weighted by molar-refractivity contribution is 7.99. The molecule has 0 spiro atoms. The van der Waals surface area contributed by atoms with Crippen LogP contribution in [-0.2, 0) is 13.6 Å². The predicted molar refractivity (Wildman–Crippen MR) is 76.8 cm³/mol. The number of hydrogen-bond acceptors (Lipinski definition) is 4. The minimum Gasteiger partial charge on any atom is -0.309 e. The lowest BCUT2D eigenvalue weighted by atomic mass is 10.4. The number of rotatable bonds is 4. The fourth-order valence-corrected chi connectivity index (χ4v) is 2.56. The molecule has 0 aliphatic carbocycles. The maximum atomic E-state index is 12.0. The van der Waals surface area contributed by atoms with E-state index in [2.05, 4.69) is 9.97 Å². The van der Waals surface area contributed by atoms with E-state index < -0.39 is 11.2 Å². The van der Waals surface area contributed by atoms with E-state index >= 15 is 0 Å². The molecule has 0 fully saturated rings. The first kappa shape index (κ1) is 13.7. The van der Waals surface area contributed by atoms with E-state index in [9.17, 15) is 9.59 Å². The first-order valence-corrected chi connectivity index (χ1v) is 7.02. The molecule has 0 bridgehead atoms. The summed E-state index contributed by atoms with van der Waals surface area (Å²) in [6.45, 7) is 4.51. The van der Waals surface area contributed by atoms with Crippen molar-refractivity contribution in [1.82, 2.24) is 19.1 Å². The molecule has 19 heavy (non-hydrogen) atoms. The molecule has 2 aromatic heterocycles. The van der Waals surface area contributed by atoms with Crippen molar-refractivity contribution in [2.24, 2.45) is 7.05 Å². The van der Waals surface area contributed by atoms with E-state index in [1.54, 1.807) is 18.8 Å². The number of H-pyrrole nitrogens is 1. The highest BCUT2D eigenvalue weighted by Gasteiger charge is 2.16. The highest BCUT2D eigenvalue weighted by Crippen LogP contribution is 2.20. The van der Waals surface area contributed by atoms with E-state index in [4.69, 9.17) is 0 Å². The summed E-state index contributed by atoms with van der Waals surface area (Å²) < 4.78 is 3.20. The molecule has 2 heterocycles. The lowest BCUT2D eigenvalue weighted by Crippen LogP contribution is -2.29. The third-order valence-electron chi connectivity index (χ3n) is 2.77. The van der Waals surface area contributed by atoms with Crippen molar-refractivity contribution in [1.29, 1.82) is 0 Å². The summed E-state index contributed by atoms with van der Waals surface area (Å²) in [6, 6.07) is 0. The van der Waals surface area contributed by atoms with E-state index in [0.29, 0.717) is 17.7 Å². The Balaban J connectivity index is 2.81. The molecule has 0 radical (unpaired) electrons. The Hall–Kier alpha value is -1.76. The van der Waals surface area contributed by atoms with Crippen LogP contribution in [-0.4, -0.2) is 24.9 Å². The van der Waals surface area contributed by atoms with Crippen LogP contribution in [0.25, 0.3) is 11.2 Å². The van der Waals surface area contributed by atoms with Gasteiger partial charge in [0.15, 0.2) is 16.3 Å². The van der Waals surface area contributed by atoms with Gasteiger partial charge in [-0.25, -0.2) is 9.78 Å². The van der Waals surface area contributed by atoms with Crippen molar-refractivity contribution in [2.75, 3.05) is 5.75 Å². The summed E-state index contributed by atoms with van der Waals surface area (Å²) in [4.78, 5) is 30.3. The number of fused-ring (bicyclic) bond motifs is 1. The Morgan fingerprint density at radius 2 is 2.16 bits per heavy atom. The molecule has 0 saturated carbocycles. The highest BCUT2D eigenvalue weighted by atomic mass is 32.2. The third kappa shape index (κ3) is 2.37. The summed E-state index contributed by atoms with van der Waals surface area (Å²) >= 11 is 1.55. The molecule has 7 heteroatoms. The van der Waals surface area contributed by atoms with Crippen LogP contribution in [0.3, 0.4) is 0 Å². The van der Waals surface area contributed by atoms with Crippen molar-refractivity contribution in [3.8, 4) is 0 Å². The molecule has 0 unspecified atom stereocenters. The SMILES string of the molecule is C/C=C/Cn1c(SCC)nc2c1c(=O)[nH]c(=O)n2C. The number of hydrogen-bond donors (Lipinski definition) is 1. The fourth-order valence-electron chi connectivity index (χ4n) is 1.83. The van der Waals surface area contributed by atoms with Crippen LogP contribution < -0.4 is 11.2 Å². The molecule has 6 nitrogen and oxygen atoms in total. The topological polar surface area (TPSA) is 72.7 Å². The molecule has 102 valence electrons. The Labute approximate surface area is 114 Å². The van der Waals surface area contributed by atoms with Crippen LogP contribution in [0.5, 0.6) is 0 Å². The summed E-state index contributed by atoms with van der Waals surface area (Å²) in [5.74, 6) is 0.852. The quantitative estimate of drug-likeness (QED) is 0.672. The van der Waals surface area contributed by atoms with Gasteiger partial charge in [0.05, 0.1) is 0 Å². The Kier molecular flexibility index (Phi) is 3.94. The van der Waals surface area contributed by atoms with E-state index in [1.807, 2.05) is 30.6 Å². The second-order valence-electron chi connectivity index (χ2n) is 4.00. The zero-order valence-electron chi connectivity index (χ0n) is 11.1. The van der Waals surface area contributed by atoms with Gasteiger partial charge in [-0.05, 0) is 12.7 Å². The third-order valence-corrected chi connectivity index (χ3v) is 3.63. The number of nitrogens with zero attached hydrogens (tertiary/aromatic N) is 3. The van der Waals surface area contributed by atoms with Gasteiger partial charge in [-0.1, -0.05) is 30.8 Å². The van der Waals surface area contributed by atoms with Gasteiger partial charge in [0.2, 0.25) is 0 Å². The number of imidazole rings is 1. The van der Waals surface area contributed by atoms with Gasteiger partial charge in [0, 0.05) is 13.6 Å². The first-order chi connectivity index (χ1) is 9.10. The van der Waals surface area contributed by atoms with Crippen molar-refractivity contribution in [3.05, 3.63) is 33.0 Å². The molecule has 0 atom stereocenters. The Bertz CT molecular complexity index is 738. The average molecular weight is 280 g/mol. The molecule has 2 rings (SSSR count). The molecule has 2 aromatic rings. The Morgan fingerprint density at radius 3 is 2.79 bits per heavy atom. The minimum absolute atomic E-state index is 0.391. The molecule has 0 amide bonds. The summed E-state index contributed by atoms with van der Waals surface area (Å²) in [5.41, 5.74) is 0.0321. The van der Waals surface area contributed by atoms with Crippen LogP contribution in [0, 0.1) is 0 Å². The second kappa shape index (κ2) is 5.48. The molecule has 0 saturated heterocycles. The van der Waals surface area contributed by atoms with Crippen LogP contribution in [0.1, 0.15) is 13.8 Å². The first-order valence-electron chi connectivity index (χ1n) is 6.03. The smallest absolute Gasteiger partial charge is 0.309 e. The molecular formula is C12H16N4O2S. The molecule has 1 N–H and O–H groups in total. The second-order valence-corrected chi connectivity index (χ2v) is 5.23. The lowest BCUT2D eigenvalue weighted by molar-refractivity contribution is 0.744. The largest absolute Gasteiger partial charge is 0.329 e. The number of aromatic nitrogens is 4. The zero-order chi connectivity index (χ0) is 14.0. The van der Waals surface area contributed by atoms with E-state index in [-0.39, 0.29) is 0 Å². The molecule has 0 aliphatic rings. The maximum Gasteiger partial charge on any atom is 0.329 e. The summed E-state index contributed by atoms with van der Waals surface area (Å²) in [5, 5.41) is 0.752. The van der Waals surface area contributed by atoms with Crippen LogP contribution in [0.15, 0.2) is 26.9 Å². The lowest BCUT2D eigenvalue weighted by Gasteiger charge is -2.04. The summed E-state index contributed by atoms with van der Waals surface area (Å²) in [7, 11) is 1.61. The maximum absolute atomic E-state index is 12.0. The standard InChI is InChI=1S/C12H16N4O2S/c1-4-6-7-16-8-9(13-12(16)19-5-2)15(3)11(18)14-10(8)17/h4,6H,5,7H2,1-3H3,(H,14,17,18)/b6-4+. The number of allylic oxidation sites excluding steroid dienone is 2.